The molecule has 0 bridgehead atoms. The van der Waals surface area contributed by atoms with Crippen molar-refractivity contribution in [3.8, 4) is 0 Å². The van der Waals surface area contributed by atoms with Crippen LogP contribution in [0.4, 0.5) is 0 Å². The lowest BCUT2D eigenvalue weighted by atomic mass is 10.1. The minimum absolute atomic E-state index is 0.0757. The maximum atomic E-state index is 13.2. The molecular formula is C22H21BrN4O2. The number of halogens is 1. The van der Waals surface area contributed by atoms with E-state index < -0.39 is 6.04 Å². The van der Waals surface area contributed by atoms with Gasteiger partial charge in [0.05, 0.1) is 5.52 Å². The lowest BCUT2D eigenvalue weighted by Gasteiger charge is -2.20. The number of para-hydroxylation sites is 1. The number of hydrogen-bond donors (Lipinski definition) is 1. The molecule has 0 saturated carbocycles. The van der Waals surface area contributed by atoms with E-state index in [1.54, 1.807) is 0 Å². The van der Waals surface area contributed by atoms with Gasteiger partial charge in [-0.15, -0.1) is 0 Å². The van der Waals surface area contributed by atoms with Crippen LogP contribution in [0.3, 0.4) is 0 Å². The van der Waals surface area contributed by atoms with E-state index in [-0.39, 0.29) is 11.5 Å². The van der Waals surface area contributed by atoms with Crippen molar-refractivity contribution in [1.29, 1.82) is 0 Å². The van der Waals surface area contributed by atoms with Crippen molar-refractivity contribution in [3.63, 3.8) is 0 Å². The van der Waals surface area contributed by atoms with Crippen LogP contribution in [0.1, 0.15) is 30.6 Å². The van der Waals surface area contributed by atoms with E-state index in [0.717, 1.165) is 26.6 Å². The summed E-state index contributed by atoms with van der Waals surface area (Å²) in [7, 11) is 0. The standard InChI is InChI=1S/C22H21BrN4O2/c1-3-18(22(29)24-13-15-7-6-8-16(23)12-15)27-19-10-5-4-9-17(19)21-25-20(28)11-14(2)26(21)27/h4-12,18H,3,13H2,1-2H3,(H,24,29)/t18-/m1/s1. The molecule has 4 aromatic rings. The topological polar surface area (TPSA) is 68.4 Å². The van der Waals surface area contributed by atoms with Gasteiger partial charge in [0.1, 0.15) is 6.04 Å². The van der Waals surface area contributed by atoms with Gasteiger partial charge in [0.2, 0.25) is 5.91 Å². The third kappa shape index (κ3) is 3.58. The van der Waals surface area contributed by atoms with Crippen LogP contribution in [-0.2, 0) is 11.3 Å². The molecule has 0 radical (unpaired) electrons. The second-order valence-electron chi connectivity index (χ2n) is 7.00. The van der Waals surface area contributed by atoms with E-state index in [2.05, 4.69) is 26.2 Å². The summed E-state index contributed by atoms with van der Waals surface area (Å²) >= 11 is 3.46. The molecule has 0 saturated heterocycles. The number of nitrogens with one attached hydrogen (secondary N) is 1. The molecular weight excluding hydrogens is 432 g/mol. The molecule has 0 spiro atoms. The predicted octanol–water partition coefficient (Wildman–Crippen LogP) is 3.99. The minimum Gasteiger partial charge on any atom is -0.350 e. The van der Waals surface area contributed by atoms with E-state index in [4.69, 9.17) is 0 Å². The zero-order valence-electron chi connectivity index (χ0n) is 16.2. The Labute approximate surface area is 176 Å². The highest BCUT2D eigenvalue weighted by Gasteiger charge is 2.24. The predicted molar refractivity (Wildman–Crippen MR) is 117 cm³/mol. The normalized spacial score (nSPS) is 12.4. The smallest absolute Gasteiger partial charge is 0.273 e. The molecule has 29 heavy (non-hydrogen) atoms. The average Bonchev–Trinajstić information content (AvgIpc) is 3.02. The van der Waals surface area contributed by atoms with Crippen molar-refractivity contribution >= 4 is 38.4 Å². The summed E-state index contributed by atoms with van der Waals surface area (Å²) < 4.78 is 4.80. The first-order valence-electron chi connectivity index (χ1n) is 9.51. The third-order valence-electron chi connectivity index (χ3n) is 5.03. The van der Waals surface area contributed by atoms with Crippen LogP contribution in [0, 0.1) is 6.92 Å². The molecule has 1 N–H and O–H groups in total. The highest BCUT2D eigenvalue weighted by atomic mass is 79.9. The van der Waals surface area contributed by atoms with Crippen LogP contribution in [0.25, 0.3) is 16.6 Å². The van der Waals surface area contributed by atoms with Crippen molar-refractivity contribution in [2.75, 3.05) is 0 Å². The van der Waals surface area contributed by atoms with Crippen LogP contribution < -0.4 is 10.9 Å². The second kappa shape index (κ2) is 7.83. The monoisotopic (exact) mass is 452 g/mol. The van der Waals surface area contributed by atoms with E-state index in [1.807, 2.05) is 71.6 Å². The van der Waals surface area contributed by atoms with Crippen LogP contribution in [-0.4, -0.2) is 20.1 Å². The summed E-state index contributed by atoms with van der Waals surface area (Å²) in [4.78, 5) is 29.4. The maximum absolute atomic E-state index is 13.2. The van der Waals surface area contributed by atoms with E-state index in [9.17, 15) is 9.59 Å². The second-order valence-corrected chi connectivity index (χ2v) is 7.92. The quantitative estimate of drug-likeness (QED) is 0.497. The lowest BCUT2D eigenvalue weighted by molar-refractivity contribution is -0.124. The first-order valence-corrected chi connectivity index (χ1v) is 10.3. The Morgan fingerprint density at radius 2 is 1.97 bits per heavy atom. The summed E-state index contributed by atoms with van der Waals surface area (Å²) in [5, 5.41) is 3.90. The summed E-state index contributed by atoms with van der Waals surface area (Å²) in [5.41, 5.74) is 2.93. The minimum atomic E-state index is -0.437. The van der Waals surface area contributed by atoms with Crippen LogP contribution >= 0.6 is 15.9 Å². The summed E-state index contributed by atoms with van der Waals surface area (Å²) in [6, 6.07) is 16.6. The summed E-state index contributed by atoms with van der Waals surface area (Å²) in [6.07, 6.45) is 0.601. The Hall–Kier alpha value is -2.93. The Morgan fingerprint density at radius 3 is 2.72 bits per heavy atom. The first-order chi connectivity index (χ1) is 14.0. The molecule has 0 aliphatic heterocycles. The van der Waals surface area contributed by atoms with Crippen LogP contribution in [0.5, 0.6) is 0 Å². The lowest BCUT2D eigenvalue weighted by Crippen LogP contribution is -2.34. The molecule has 2 heterocycles. The Balaban J connectivity index is 1.78. The molecule has 6 nitrogen and oxygen atoms in total. The fourth-order valence-corrected chi connectivity index (χ4v) is 4.18. The van der Waals surface area contributed by atoms with Gasteiger partial charge in [-0.2, -0.15) is 4.98 Å². The molecule has 1 amide bonds. The molecule has 1 atom stereocenters. The molecule has 2 aromatic carbocycles. The number of rotatable bonds is 5. The average molecular weight is 453 g/mol. The Bertz CT molecular complexity index is 1280. The van der Waals surface area contributed by atoms with Gasteiger partial charge in [-0.1, -0.05) is 47.1 Å². The number of benzene rings is 2. The SMILES string of the molecule is CC[C@H](C(=O)NCc1cccc(Br)c1)n1c2ccccc2c2nc(=O)cc(C)n21. The largest absolute Gasteiger partial charge is 0.350 e. The van der Waals surface area contributed by atoms with E-state index in [0.29, 0.717) is 18.6 Å². The Morgan fingerprint density at radius 1 is 1.17 bits per heavy atom. The molecule has 0 aliphatic rings. The first kappa shape index (κ1) is 19.4. The number of aromatic nitrogens is 3. The van der Waals surface area contributed by atoms with Gasteiger partial charge >= 0.3 is 0 Å². The van der Waals surface area contributed by atoms with Crippen molar-refractivity contribution < 1.29 is 4.79 Å². The zero-order chi connectivity index (χ0) is 20.5. The van der Waals surface area contributed by atoms with Gasteiger partial charge in [0, 0.05) is 28.2 Å². The number of carbonyl (C=O) groups excluding carboxylic acids is 1. The summed E-state index contributed by atoms with van der Waals surface area (Å²) in [5.74, 6) is -0.0757. The molecule has 0 aliphatic carbocycles. The van der Waals surface area contributed by atoms with Crippen molar-refractivity contribution in [2.45, 2.75) is 32.9 Å². The fourth-order valence-electron chi connectivity index (χ4n) is 3.74. The fraction of sp³-hybridized carbons (Fsp3) is 0.227. The molecule has 2 aromatic heterocycles. The van der Waals surface area contributed by atoms with Crippen molar-refractivity contribution in [1.82, 2.24) is 19.5 Å². The number of aryl methyl sites for hydroxylation is 1. The number of fused-ring (bicyclic) bond motifs is 3. The Kier molecular flexibility index (Phi) is 5.24. The zero-order valence-corrected chi connectivity index (χ0v) is 17.8. The van der Waals surface area contributed by atoms with Crippen LogP contribution in [0.2, 0.25) is 0 Å². The molecule has 0 unspecified atom stereocenters. The number of carbonyl (C=O) groups is 1. The maximum Gasteiger partial charge on any atom is 0.273 e. The van der Waals surface area contributed by atoms with Crippen molar-refractivity contribution in [2.24, 2.45) is 0 Å². The number of hydrogen-bond acceptors (Lipinski definition) is 3. The van der Waals surface area contributed by atoms with Gasteiger partial charge in [-0.3, -0.25) is 14.3 Å². The molecule has 4 rings (SSSR count). The molecule has 0 fully saturated rings. The van der Waals surface area contributed by atoms with Crippen LogP contribution in [0.15, 0.2) is 63.9 Å². The van der Waals surface area contributed by atoms with Gasteiger partial charge < -0.3 is 5.32 Å². The van der Waals surface area contributed by atoms with E-state index in [1.165, 1.54) is 6.07 Å². The highest BCUT2D eigenvalue weighted by Crippen LogP contribution is 2.26. The van der Waals surface area contributed by atoms with E-state index >= 15 is 0 Å². The highest BCUT2D eigenvalue weighted by molar-refractivity contribution is 9.10. The van der Waals surface area contributed by atoms with Crippen molar-refractivity contribution in [3.05, 3.63) is 80.7 Å². The number of amides is 1. The van der Waals surface area contributed by atoms with Gasteiger partial charge in [-0.25, -0.2) is 4.52 Å². The van der Waals surface area contributed by atoms with Gasteiger partial charge in [0.25, 0.3) is 5.56 Å². The molecule has 148 valence electrons. The van der Waals surface area contributed by atoms with Gasteiger partial charge in [-0.05, 0) is 43.2 Å². The molecule has 7 heteroatoms. The third-order valence-corrected chi connectivity index (χ3v) is 5.52. The van der Waals surface area contributed by atoms with Gasteiger partial charge in [0.15, 0.2) is 5.65 Å². The summed E-state index contributed by atoms with van der Waals surface area (Å²) in [6.45, 7) is 4.28. The number of nitrogens with zero attached hydrogens (tertiary/aromatic N) is 3.